The normalized spacial score (nSPS) is 12.2. The molecule has 0 saturated carbocycles. The van der Waals surface area contributed by atoms with Crippen molar-refractivity contribution < 1.29 is 18.3 Å². The number of benzene rings is 1. The minimum Gasteiger partial charge on any atom is -0.395 e. The molecular weight excluding hydrogens is 237 g/mol. The van der Waals surface area contributed by atoms with Gasteiger partial charge in [-0.1, -0.05) is 0 Å². The summed E-state index contributed by atoms with van der Waals surface area (Å²) in [5, 5.41) is 8.76. The molecule has 1 aromatic heterocycles. The monoisotopic (exact) mass is 246 g/mol. The van der Waals surface area contributed by atoms with Gasteiger partial charge in [-0.25, -0.2) is 4.79 Å². The van der Waals surface area contributed by atoms with Crippen molar-refractivity contribution in [3.8, 4) is 0 Å². The zero-order valence-corrected chi connectivity index (χ0v) is 8.58. The van der Waals surface area contributed by atoms with Crippen molar-refractivity contribution in [2.75, 3.05) is 6.61 Å². The van der Waals surface area contributed by atoms with Gasteiger partial charge in [0, 0.05) is 0 Å². The molecule has 0 unspecified atom stereocenters. The van der Waals surface area contributed by atoms with Crippen molar-refractivity contribution >= 4 is 11.0 Å². The molecule has 0 fully saturated rings. The van der Waals surface area contributed by atoms with Crippen molar-refractivity contribution in [1.29, 1.82) is 0 Å². The first kappa shape index (κ1) is 11.7. The number of nitrogens with zero attached hydrogens (tertiary/aromatic N) is 1. The Balaban J connectivity index is 2.66. The number of rotatable bonds is 2. The highest BCUT2D eigenvalue weighted by Gasteiger charge is 2.30. The number of aromatic nitrogens is 2. The Hall–Kier alpha value is -1.76. The van der Waals surface area contributed by atoms with E-state index >= 15 is 0 Å². The Bertz CT molecular complexity index is 598. The Morgan fingerprint density at radius 3 is 2.65 bits per heavy atom. The molecule has 2 rings (SSSR count). The number of hydrogen-bond donors (Lipinski definition) is 2. The third-order valence-corrected chi connectivity index (χ3v) is 2.43. The summed E-state index contributed by atoms with van der Waals surface area (Å²) in [6, 6.07) is 3.00. The first-order valence-electron chi connectivity index (χ1n) is 4.84. The van der Waals surface area contributed by atoms with Crippen LogP contribution in [0, 0.1) is 0 Å². The van der Waals surface area contributed by atoms with E-state index in [1.54, 1.807) is 0 Å². The van der Waals surface area contributed by atoms with Crippen molar-refractivity contribution in [2.24, 2.45) is 0 Å². The van der Waals surface area contributed by atoms with E-state index in [9.17, 15) is 18.0 Å². The van der Waals surface area contributed by atoms with Gasteiger partial charge in [0.2, 0.25) is 0 Å². The molecule has 7 heteroatoms. The van der Waals surface area contributed by atoms with Gasteiger partial charge in [0.05, 0.1) is 29.7 Å². The number of halogens is 3. The molecule has 2 N–H and O–H groups in total. The standard InChI is InChI=1S/C10H9F3N2O2/c11-10(12,13)6-1-2-7-8(5-6)15(3-4-16)9(17)14-7/h1-2,5,16H,3-4H2,(H,14,17). The quantitative estimate of drug-likeness (QED) is 0.840. The number of hydrogen-bond acceptors (Lipinski definition) is 2. The fourth-order valence-corrected chi connectivity index (χ4v) is 1.65. The molecule has 1 heterocycles. The van der Waals surface area contributed by atoms with Crippen molar-refractivity contribution in [3.63, 3.8) is 0 Å². The fraction of sp³-hybridized carbons (Fsp3) is 0.300. The minimum absolute atomic E-state index is 0.0415. The molecular formula is C10H9F3N2O2. The lowest BCUT2D eigenvalue weighted by Gasteiger charge is -2.07. The molecule has 0 atom stereocenters. The number of aliphatic hydroxyl groups is 1. The first-order chi connectivity index (χ1) is 7.93. The first-order valence-corrected chi connectivity index (χ1v) is 4.84. The summed E-state index contributed by atoms with van der Waals surface area (Å²) in [7, 11) is 0. The van der Waals surface area contributed by atoms with Gasteiger partial charge in [-0.05, 0) is 18.2 Å². The van der Waals surface area contributed by atoms with E-state index in [1.807, 2.05) is 0 Å². The SMILES string of the molecule is O=c1[nH]c2ccc(C(F)(F)F)cc2n1CCO. The average molecular weight is 246 g/mol. The number of fused-ring (bicyclic) bond motifs is 1. The fourth-order valence-electron chi connectivity index (χ4n) is 1.65. The number of H-pyrrole nitrogens is 1. The Kier molecular flexibility index (Phi) is 2.70. The summed E-state index contributed by atoms with van der Waals surface area (Å²) in [6.07, 6.45) is -4.45. The van der Waals surface area contributed by atoms with E-state index in [2.05, 4.69) is 4.98 Å². The van der Waals surface area contributed by atoms with Crippen LogP contribution in [0.2, 0.25) is 0 Å². The zero-order valence-electron chi connectivity index (χ0n) is 8.58. The summed E-state index contributed by atoms with van der Waals surface area (Å²) in [4.78, 5) is 13.8. The largest absolute Gasteiger partial charge is 0.416 e. The molecule has 0 radical (unpaired) electrons. The highest BCUT2D eigenvalue weighted by molar-refractivity contribution is 5.76. The van der Waals surface area contributed by atoms with E-state index < -0.39 is 17.4 Å². The van der Waals surface area contributed by atoms with Gasteiger partial charge in [0.25, 0.3) is 0 Å². The lowest BCUT2D eigenvalue weighted by atomic mass is 10.2. The van der Waals surface area contributed by atoms with Crippen LogP contribution < -0.4 is 5.69 Å². The highest BCUT2D eigenvalue weighted by atomic mass is 19.4. The van der Waals surface area contributed by atoms with Gasteiger partial charge in [-0.15, -0.1) is 0 Å². The molecule has 0 aliphatic carbocycles. The Morgan fingerprint density at radius 2 is 2.06 bits per heavy atom. The molecule has 0 saturated heterocycles. The van der Waals surface area contributed by atoms with Crippen molar-refractivity contribution in [3.05, 3.63) is 34.2 Å². The summed E-state index contributed by atoms with van der Waals surface area (Å²) in [5.74, 6) is 0. The lowest BCUT2D eigenvalue weighted by Crippen LogP contribution is -2.18. The van der Waals surface area contributed by atoms with Gasteiger partial charge in [0.1, 0.15) is 0 Å². The second-order valence-corrected chi connectivity index (χ2v) is 3.54. The topological polar surface area (TPSA) is 58.0 Å². The smallest absolute Gasteiger partial charge is 0.395 e. The number of aromatic amines is 1. The molecule has 0 spiro atoms. The van der Waals surface area contributed by atoms with Gasteiger partial charge < -0.3 is 10.1 Å². The summed E-state index contributed by atoms with van der Waals surface area (Å²) in [5.41, 5.74) is -0.903. The van der Waals surface area contributed by atoms with E-state index in [4.69, 9.17) is 5.11 Å². The van der Waals surface area contributed by atoms with Gasteiger partial charge in [-0.3, -0.25) is 4.57 Å². The number of nitrogens with one attached hydrogen (secondary N) is 1. The second kappa shape index (κ2) is 3.92. The molecule has 0 amide bonds. The third-order valence-electron chi connectivity index (χ3n) is 2.43. The molecule has 2 aromatic rings. The number of aliphatic hydroxyl groups excluding tert-OH is 1. The molecule has 4 nitrogen and oxygen atoms in total. The highest BCUT2D eigenvalue weighted by Crippen LogP contribution is 2.30. The number of alkyl halides is 3. The van der Waals surface area contributed by atoms with Crippen molar-refractivity contribution in [1.82, 2.24) is 9.55 Å². The Morgan fingerprint density at radius 1 is 1.35 bits per heavy atom. The number of imidazole rings is 1. The summed E-state index contributed by atoms with van der Waals surface area (Å²) in [6.45, 7) is -0.358. The molecule has 17 heavy (non-hydrogen) atoms. The van der Waals surface area contributed by atoms with E-state index in [1.165, 1.54) is 6.07 Å². The van der Waals surface area contributed by atoms with E-state index in [0.29, 0.717) is 5.52 Å². The van der Waals surface area contributed by atoms with E-state index in [-0.39, 0.29) is 18.7 Å². The predicted octanol–water partition coefficient (Wildman–Crippen LogP) is 1.34. The maximum absolute atomic E-state index is 12.5. The minimum atomic E-state index is -4.45. The van der Waals surface area contributed by atoms with Crippen molar-refractivity contribution in [2.45, 2.75) is 12.7 Å². The van der Waals surface area contributed by atoms with Crippen LogP contribution in [0.1, 0.15) is 5.56 Å². The maximum Gasteiger partial charge on any atom is 0.416 e. The molecule has 92 valence electrons. The lowest BCUT2D eigenvalue weighted by molar-refractivity contribution is -0.137. The summed E-state index contributed by atoms with van der Waals surface area (Å²) >= 11 is 0. The van der Waals surface area contributed by atoms with Crippen LogP contribution in [0.5, 0.6) is 0 Å². The van der Waals surface area contributed by atoms with Crippen LogP contribution in [0.25, 0.3) is 11.0 Å². The predicted molar refractivity (Wildman–Crippen MR) is 54.6 cm³/mol. The molecule has 0 aliphatic heterocycles. The van der Waals surface area contributed by atoms with Crippen LogP contribution in [-0.4, -0.2) is 21.3 Å². The third kappa shape index (κ3) is 2.05. The molecule has 1 aromatic carbocycles. The van der Waals surface area contributed by atoms with Gasteiger partial charge >= 0.3 is 11.9 Å². The van der Waals surface area contributed by atoms with Gasteiger partial charge in [0.15, 0.2) is 0 Å². The second-order valence-electron chi connectivity index (χ2n) is 3.54. The van der Waals surface area contributed by atoms with E-state index in [0.717, 1.165) is 16.7 Å². The van der Waals surface area contributed by atoms with Gasteiger partial charge in [-0.2, -0.15) is 13.2 Å². The molecule has 0 bridgehead atoms. The van der Waals surface area contributed by atoms with Crippen LogP contribution in [0.4, 0.5) is 13.2 Å². The molecule has 0 aliphatic rings. The Labute approximate surface area is 93.3 Å². The van der Waals surface area contributed by atoms with Crippen LogP contribution in [-0.2, 0) is 12.7 Å². The van der Waals surface area contributed by atoms with Crippen LogP contribution in [0.3, 0.4) is 0 Å². The summed E-state index contributed by atoms with van der Waals surface area (Å²) < 4.78 is 38.6. The maximum atomic E-state index is 12.5. The van der Waals surface area contributed by atoms with Crippen LogP contribution in [0.15, 0.2) is 23.0 Å². The zero-order chi connectivity index (χ0) is 12.6. The van der Waals surface area contributed by atoms with Crippen LogP contribution >= 0.6 is 0 Å². The average Bonchev–Trinajstić information content (AvgIpc) is 2.54.